The molecule has 0 heterocycles. The van der Waals surface area contributed by atoms with Crippen molar-refractivity contribution in [2.45, 2.75) is 46.4 Å². The largest absolute Gasteiger partial charge is 0.490 e. The number of ether oxygens (including phenoxy) is 2. The molecule has 4 nitrogen and oxygen atoms in total. The molecule has 1 unspecified atom stereocenters. The van der Waals surface area contributed by atoms with Gasteiger partial charge in [-0.15, -0.1) is 0 Å². The summed E-state index contributed by atoms with van der Waals surface area (Å²) in [5.41, 5.74) is -0.762. The molecule has 0 N–H and O–H groups in total. The van der Waals surface area contributed by atoms with Gasteiger partial charge in [0, 0.05) is 0 Å². The zero-order valence-corrected chi connectivity index (χ0v) is 10.8. The fourth-order valence-electron chi connectivity index (χ4n) is 0.814. The van der Waals surface area contributed by atoms with E-state index in [4.69, 9.17) is 4.74 Å². The van der Waals surface area contributed by atoms with Crippen LogP contribution in [-0.4, -0.2) is 30.8 Å². The van der Waals surface area contributed by atoms with Crippen LogP contribution < -0.4 is 0 Å². The van der Waals surface area contributed by atoms with Gasteiger partial charge in [-0.25, -0.2) is 4.79 Å². The normalized spacial score (nSPS) is 13.9. The Labute approximate surface area is 103 Å². The van der Waals surface area contributed by atoms with Crippen molar-refractivity contribution in [1.82, 2.24) is 0 Å². The van der Waals surface area contributed by atoms with E-state index in [2.05, 4.69) is 4.74 Å². The SMILES string of the molecule is CCC(COC(=O)C(F)(F)F)OC(=O)C(C)(C)C. The van der Waals surface area contributed by atoms with Crippen molar-refractivity contribution in [3.63, 3.8) is 0 Å². The van der Waals surface area contributed by atoms with E-state index in [1.54, 1.807) is 27.7 Å². The van der Waals surface area contributed by atoms with Gasteiger partial charge in [0.1, 0.15) is 12.7 Å². The molecule has 0 aliphatic rings. The highest BCUT2D eigenvalue weighted by molar-refractivity contribution is 5.76. The number of hydrogen-bond donors (Lipinski definition) is 0. The third kappa shape index (κ3) is 5.88. The van der Waals surface area contributed by atoms with Crippen LogP contribution in [-0.2, 0) is 19.1 Å². The summed E-state index contributed by atoms with van der Waals surface area (Å²) in [7, 11) is 0. The Bertz CT molecular complexity index is 304. The first-order chi connectivity index (χ1) is 7.98. The van der Waals surface area contributed by atoms with Gasteiger partial charge in [-0.05, 0) is 27.2 Å². The van der Waals surface area contributed by atoms with Crippen LogP contribution in [0.2, 0.25) is 0 Å². The van der Waals surface area contributed by atoms with Crippen LogP contribution in [0.4, 0.5) is 13.2 Å². The molecule has 1 atom stereocenters. The molecule has 0 aromatic carbocycles. The number of carbonyl (C=O) groups is 2. The minimum absolute atomic E-state index is 0.257. The smallest absolute Gasteiger partial charge is 0.458 e. The van der Waals surface area contributed by atoms with Crippen molar-refractivity contribution in [2.75, 3.05) is 6.61 Å². The number of halogens is 3. The number of hydrogen-bond acceptors (Lipinski definition) is 4. The molecule has 0 saturated carbocycles. The number of carbonyl (C=O) groups excluding carboxylic acids is 2. The maximum Gasteiger partial charge on any atom is 0.490 e. The predicted octanol–water partition coefficient (Wildman–Crippen LogP) is 2.46. The molecule has 0 aliphatic heterocycles. The third-order valence-electron chi connectivity index (χ3n) is 1.97. The Balaban J connectivity index is 4.30. The molecule has 18 heavy (non-hydrogen) atoms. The second kappa shape index (κ2) is 6.06. The van der Waals surface area contributed by atoms with Crippen LogP contribution in [0.3, 0.4) is 0 Å². The fourth-order valence-corrected chi connectivity index (χ4v) is 0.814. The molecule has 106 valence electrons. The van der Waals surface area contributed by atoms with Gasteiger partial charge in [-0.1, -0.05) is 6.92 Å². The van der Waals surface area contributed by atoms with E-state index < -0.39 is 36.2 Å². The Morgan fingerprint density at radius 2 is 1.61 bits per heavy atom. The van der Waals surface area contributed by atoms with E-state index >= 15 is 0 Å². The van der Waals surface area contributed by atoms with Gasteiger partial charge in [-0.3, -0.25) is 4.79 Å². The summed E-state index contributed by atoms with van der Waals surface area (Å²) in [4.78, 5) is 22.0. The molecule has 0 bridgehead atoms. The molecule has 7 heteroatoms. The Hall–Kier alpha value is -1.27. The lowest BCUT2D eigenvalue weighted by Gasteiger charge is -2.22. The van der Waals surface area contributed by atoms with Crippen molar-refractivity contribution in [2.24, 2.45) is 5.41 Å². The molecule has 0 amide bonds. The van der Waals surface area contributed by atoms with Crippen LogP contribution >= 0.6 is 0 Å². The zero-order chi connectivity index (χ0) is 14.6. The van der Waals surface area contributed by atoms with Crippen molar-refractivity contribution in [3.8, 4) is 0 Å². The molecular weight excluding hydrogens is 253 g/mol. The van der Waals surface area contributed by atoms with Crippen molar-refractivity contribution >= 4 is 11.9 Å². The maximum atomic E-state index is 11.9. The maximum absolute atomic E-state index is 11.9. The van der Waals surface area contributed by atoms with Gasteiger partial charge in [-0.2, -0.15) is 13.2 Å². The average Bonchev–Trinajstić information content (AvgIpc) is 2.20. The molecule has 0 aliphatic carbocycles. The van der Waals surface area contributed by atoms with Crippen LogP contribution in [0.15, 0.2) is 0 Å². The van der Waals surface area contributed by atoms with Gasteiger partial charge in [0.2, 0.25) is 0 Å². The highest BCUT2D eigenvalue weighted by Crippen LogP contribution is 2.19. The average molecular weight is 270 g/mol. The molecule has 0 fully saturated rings. The van der Waals surface area contributed by atoms with E-state index in [1.807, 2.05) is 0 Å². The van der Waals surface area contributed by atoms with Gasteiger partial charge < -0.3 is 9.47 Å². The Morgan fingerprint density at radius 1 is 1.11 bits per heavy atom. The lowest BCUT2D eigenvalue weighted by molar-refractivity contribution is -0.203. The predicted molar refractivity (Wildman–Crippen MR) is 56.6 cm³/mol. The monoisotopic (exact) mass is 270 g/mol. The van der Waals surface area contributed by atoms with E-state index in [0.717, 1.165) is 0 Å². The van der Waals surface area contributed by atoms with E-state index in [0.29, 0.717) is 0 Å². The summed E-state index contributed by atoms with van der Waals surface area (Å²) >= 11 is 0. The summed E-state index contributed by atoms with van der Waals surface area (Å²) in [5.74, 6) is -2.84. The molecule has 0 spiro atoms. The van der Waals surface area contributed by atoms with E-state index in [-0.39, 0.29) is 6.42 Å². The van der Waals surface area contributed by atoms with E-state index in [1.165, 1.54) is 0 Å². The van der Waals surface area contributed by atoms with Crippen molar-refractivity contribution in [1.29, 1.82) is 0 Å². The molecular formula is C11H17F3O4. The fraction of sp³-hybridized carbons (Fsp3) is 0.818. The van der Waals surface area contributed by atoms with Crippen LogP contribution in [0.1, 0.15) is 34.1 Å². The number of rotatable bonds is 4. The molecule has 0 saturated heterocycles. The molecule has 0 radical (unpaired) electrons. The van der Waals surface area contributed by atoms with Gasteiger partial charge in [0.25, 0.3) is 0 Å². The lowest BCUT2D eigenvalue weighted by atomic mass is 9.97. The molecule has 0 aromatic rings. The summed E-state index contributed by atoms with van der Waals surface area (Å²) in [6, 6.07) is 0. The second-order valence-corrected chi connectivity index (χ2v) is 4.78. The molecule has 0 rings (SSSR count). The minimum atomic E-state index is -5.04. The summed E-state index contributed by atoms with van der Waals surface area (Å²) in [6.07, 6.45) is -5.65. The minimum Gasteiger partial charge on any atom is -0.458 e. The number of alkyl halides is 3. The highest BCUT2D eigenvalue weighted by Gasteiger charge is 2.41. The number of esters is 2. The van der Waals surface area contributed by atoms with Gasteiger partial charge in [0.05, 0.1) is 5.41 Å². The Kier molecular flexibility index (Phi) is 5.63. The van der Waals surface area contributed by atoms with Crippen molar-refractivity contribution in [3.05, 3.63) is 0 Å². The van der Waals surface area contributed by atoms with Crippen LogP contribution in [0, 0.1) is 5.41 Å². The van der Waals surface area contributed by atoms with Gasteiger partial charge >= 0.3 is 18.1 Å². The Morgan fingerprint density at radius 3 is 1.94 bits per heavy atom. The summed E-state index contributed by atoms with van der Waals surface area (Å²) < 4.78 is 44.6. The van der Waals surface area contributed by atoms with Crippen LogP contribution in [0.25, 0.3) is 0 Å². The molecule has 0 aromatic heterocycles. The summed E-state index contributed by atoms with van der Waals surface area (Å²) in [6.45, 7) is 5.86. The quantitative estimate of drug-likeness (QED) is 0.736. The standard InChI is InChI=1S/C11H17F3O4/c1-5-7(18-8(15)10(2,3)4)6-17-9(16)11(12,13)14/h7H,5-6H2,1-4H3. The first kappa shape index (κ1) is 16.7. The highest BCUT2D eigenvalue weighted by atomic mass is 19.4. The zero-order valence-electron chi connectivity index (χ0n) is 10.8. The van der Waals surface area contributed by atoms with Crippen LogP contribution in [0.5, 0.6) is 0 Å². The summed E-state index contributed by atoms with van der Waals surface area (Å²) in [5, 5.41) is 0. The van der Waals surface area contributed by atoms with Crippen molar-refractivity contribution < 1.29 is 32.2 Å². The topological polar surface area (TPSA) is 52.6 Å². The van der Waals surface area contributed by atoms with Gasteiger partial charge in [0.15, 0.2) is 0 Å². The third-order valence-corrected chi connectivity index (χ3v) is 1.97. The lowest BCUT2D eigenvalue weighted by Crippen LogP contribution is -2.33. The second-order valence-electron chi connectivity index (χ2n) is 4.78. The first-order valence-corrected chi connectivity index (χ1v) is 5.43. The first-order valence-electron chi connectivity index (χ1n) is 5.43. The van der Waals surface area contributed by atoms with E-state index in [9.17, 15) is 22.8 Å².